The van der Waals surface area contributed by atoms with Crippen LogP contribution in [0.3, 0.4) is 0 Å². The van der Waals surface area contributed by atoms with Gasteiger partial charge in [-0.15, -0.1) is 0 Å². The molecule has 122 valence electrons. The van der Waals surface area contributed by atoms with E-state index >= 15 is 0 Å². The number of rotatable bonds is 6. The second-order valence-corrected chi connectivity index (χ2v) is 5.18. The molecule has 2 aromatic carbocycles. The SMILES string of the molecule is COc1cc(OC)cc(C(=O)NCc2cc(Cl)ccc2OC)c1. The number of amides is 1. The fraction of sp³-hybridized carbons (Fsp3) is 0.235. The van der Waals surface area contributed by atoms with Crippen LogP contribution in [0.25, 0.3) is 0 Å². The van der Waals surface area contributed by atoms with E-state index in [1.165, 1.54) is 14.2 Å². The van der Waals surface area contributed by atoms with Crippen LogP contribution in [-0.2, 0) is 6.54 Å². The second kappa shape index (κ2) is 7.74. The van der Waals surface area contributed by atoms with Gasteiger partial charge in [-0.1, -0.05) is 11.6 Å². The third-order valence-corrected chi connectivity index (χ3v) is 3.53. The van der Waals surface area contributed by atoms with Crippen molar-refractivity contribution in [1.82, 2.24) is 5.32 Å². The topological polar surface area (TPSA) is 56.8 Å². The first kappa shape index (κ1) is 17.0. The van der Waals surface area contributed by atoms with Gasteiger partial charge in [-0.25, -0.2) is 0 Å². The maximum Gasteiger partial charge on any atom is 0.251 e. The van der Waals surface area contributed by atoms with E-state index in [0.29, 0.717) is 34.4 Å². The molecule has 2 rings (SSSR count). The third kappa shape index (κ3) is 4.29. The van der Waals surface area contributed by atoms with Gasteiger partial charge in [0.15, 0.2) is 0 Å². The summed E-state index contributed by atoms with van der Waals surface area (Å²) in [5, 5.41) is 3.41. The predicted molar refractivity (Wildman–Crippen MR) is 88.7 cm³/mol. The van der Waals surface area contributed by atoms with E-state index in [1.54, 1.807) is 43.5 Å². The van der Waals surface area contributed by atoms with Crippen LogP contribution in [0.5, 0.6) is 17.2 Å². The lowest BCUT2D eigenvalue weighted by Crippen LogP contribution is -2.23. The van der Waals surface area contributed by atoms with E-state index in [-0.39, 0.29) is 5.91 Å². The molecule has 0 atom stereocenters. The predicted octanol–water partition coefficient (Wildman–Crippen LogP) is 3.30. The van der Waals surface area contributed by atoms with Gasteiger partial charge in [0.05, 0.1) is 21.3 Å². The van der Waals surface area contributed by atoms with E-state index in [1.807, 2.05) is 0 Å². The smallest absolute Gasteiger partial charge is 0.251 e. The molecule has 1 N–H and O–H groups in total. The summed E-state index contributed by atoms with van der Waals surface area (Å²) in [5.41, 5.74) is 1.24. The summed E-state index contributed by atoms with van der Waals surface area (Å²) in [5.74, 6) is 1.52. The lowest BCUT2D eigenvalue weighted by atomic mass is 10.1. The second-order valence-electron chi connectivity index (χ2n) is 4.74. The van der Waals surface area contributed by atoms with Crippen LogP contribution in [0.2, 0.25) is 5.02 Å². The molecule has 5 nitrogen and oxygen atoms in total. The molecular formula is C17H18ClNO4. The Balaban J connectivity index is 2.15. The molecule has 0 aliphatic rings. The number of methoxy groups -OCH3 is 3. The van der Waals surface area contributed by atoms with Crippen LogP contribution in [0, 0.1) is 0 Å². The number of halogens is 1. The first-order valence-corrected chi connectivity index (χ1v) is 7.29. The molecule has 0 aliphatic heterocycles. The summed E-state index contributed by atoms with van der Waals surface area (Å²) in [4.78, 5) is 12.3. The van der Waals surface area contributed by atoms with Crippen LogP contribution < -0.4 is 19.5 Å². The van der Waals surface area contributed by atoms with Crippen molar-refractivity contribution >= 4 is 17.5 Å². The summed E-state index contributed by atoms with van der Waals surface area (Å²) in [6.07, 6.45) is 0. The van der Waals surface area contributed by atoms with Gasteiger partial charge in [0, 0.05) is 28.8 Å². The third-order valence-electron chi connectivity index (χ3n) is 3.30. The zero-order chi connectivity index (χ0) is 16.8. The highest BCUT2D eigenvalue weighted by Crippen LogP contribution is 2.24. The fourth-order valence-electron chi connectivity index (χ4n) is 2.10. The standard InChI is InChI=1S/C17H18ClNO4/c1-21-14-7-11(8-15(9-14)22-2)17(20)19-10-12-6-13(18)4-5-16(12)23-3/h4-9H,10H2,1-3H3,(H,19,20). The van der Waals surface area contributed by atoms with E-state index in [4.69, 9.17) is 25.8 Å². The van der Waals surface area contributed by atoms with Gasteiger partial charge in [-0.2, -0.15) is 0 Å². The monoisotopic (exact) mass is 335 g/mol. The van der Waals surface area contributed by atoms with Crippen molar-refractivity contribution in [2.75, 3.05) is 21.3 Å². The number of carbonyl (C=O) groups excluding carboxylic acids is 1. The molecule has 2 aromatic rings. The minimum atomic E-state index is -0.246. The lowest BCUT2D eigenvalue weighted by Gasteiger charge is -2.11. The summed E-state index contributed by atoms with van der Waals surface area (Å²) >= 11 is 5.98. The zero-order valence-electron chi connectivity index (χ0n) is 13.2. The molecule has 0 bridgehead atoms. The van der Waals surface area contributed by atoms with Crippen molar-refractivity contribution in [3.63, 3.8) is 0 Å². The van der Waals surface area contributed by atoms with E-state index < -0.39 is 0 Å². The lowest BCUT2D eigenvalue weighted by molar-refractivity contribution is 0.0950. The normalized spacial score (nSPS) is 10.1. The van der Waals surface area contributed by atoms with Crippen molar-refractivity contribution in [2.45, 2.75) is 6.54 Å². The molecule has 0 spiro atoms. The van der Waals surface area contributed by atoms with Gasteiger partial charge in [0.2, 0.25) is 0 Å². The van der Waals surface area contributed by atoms with E-state index in [0.717, 1.165) is 5.56 Å². The van der Waals surface area contributed by atoms with Crippen LogP contribution in [0.1, 0.15) is 15.9 Å². The van der Waals surface area contributed by atoms with Gasteiger partial charge in [0.1, 0.15) is 17.2 Å². The molecule has 0 unspecified atom stereocenters. The number of ether oxygens (including phenoxy) is 3. The van der Waals surface area contributed by atoms with Gasteiger partial charge >= 0.3 is 0 Å². The van der Waals surface area contributed by atoms with Crippen LogP contribution in [-0.4, -0.2) is 27.2 Å². The van der Waals surface area contributed by atoms with E-state index in [2.05, 4.69) is 5.32 Å². The minimum absolute atomic E-state index is 0.246. The Hall–Kier alpha value is -2.40. The largest absolute Gasteiger partial charge is 0.497 e. The number of benzene rings is 2. The Morgan fingerprint density at radius 3 is 2.22 bits per heavy atom. The molecule has 6 heteroatoms. The average Bonchev–Trinajstić information content (AvgIpc) is 2.59. The summed E-state index contributed by atoms with van der Waals surface area (Å²) in [7, 11) is 4.64. The Morgan fingerprint density at radius 1 is 1.00 bits per heavy atom. The summed E-state index contributed by atoms with van der Waals surface area (Å²) < 4.78 is 15.6. The quantitative estimate of drug-likeness (QED) is 0.880. The van der Waals surface area contributed by atoms with Crippen molar-refractivity contribution < 1.29 is 19.0 Å². The van der Waals surface area contributed by atoms with Crippen LogP contribution >= 0.6 is 11.6 Å². The minimum Gasteiger partial charge on any atom is -0.497 e. The van der Waals surface area contributed by atoms with Crippen molar-refractivity contribution in [3.8, 4) is 17.2 Å². The summed E-state index contributed by atoms with van der Waals surface area (Å²) in [6, 6.07) is 10.3. The van der Waals surface area contributed by atoms with Gasteiger partial charge < -0.3 is 19.5 Å². The maximum atomic E-state index is 12.3. The Morgan fingerprint density at radius 2 is 1.65 bits per heavy atom. The van der Waals surface area contributed by atoms with E-state index in [9.17, 15) is 4.79 Å². The number of nitrogens with one attached hydrogen (secondary N) is 1. The van der Waals surface area contributed by atoms with Crippen molar-refractivity contribution in [2.24, 2.45) is 0 Å². The molecule has 0 fully saturated rings. The molecule has 0 aliphatic carbocycles. The number of carbonyl (C=O) groups is 1. The molecular weight excluding hydrogens is 318 g/mol. The first-order chi connectivity index (χ1) is 11.1. The zero-order valence-corrected chi connectivity index (χ0v) is 13.9. The average molecular weight is 336 g/mol. The van der Waals surface area contributed by atoms with Gasteiger partial charge in [0.25, 0.3) is 5.91 Å². The molecule has 0 aromatic heterocycles. The summed E-state index contributed by atoms with van der Waals surface area (Å²) in [6.45, 7) is 0.294. The van der Waals surface area contributed by atoms with Gasteiger partial charge in [-0.05, 0) is 30.3 Å². The van der Waals surface area contributed by atoms with Crippen molar-refractivity contribution in [1.29, 1.82) is 0 Å². The Bertz CT molecular complexity index is 681. The molecule has 0 heterocycles. The Labute approximate surface area is 140 Å². The number of hydrogen-bond donors (Lipinski definition) is 1. The van der Waals surface area contributed by atoms with Crippen LogP contribution in [0.4, 0.5) is 0 Å². The maximum absolute atomic E-state index is 12.3. The molecule has 23 heavy (non-hydrogen) atoms. The Kier molecular flexibility index (Phi) is 5.71. The highest BCUT2D eigenvalue weighted by Gasteiger charge is 2.11. The molecule has 0 saturated heterocycles. The molecule has 0 saturated carbocycles. The van der Waals surface area contributed by atoms with Gasteiger partial charge in [-0.3, -0.25) is 4.79 Å². The highest BCUT2D eigenvalue weighted by molar-refractivity contribution is 6.30. The van der Waals surface area contributed by atoms with Crippen LogP contribution in [0.15, 0.2) is 36.4 Å². The first-order valence-electron chi connectivity index (χ1n) is 6.91. The molecule has 0 radical (unpaired) electrons. The number of hydrogen-bond acceptors (Lipinski definition) is 4. The highest BCUT2D eigenvalue weighted by atomic mass is 35.5. The van der Waals surface area contributed by atoms with Crippen molar-refractivity contribution in [3.05, 3.63) is 52.5 Å². The fourth-order valence-corrected chi connectivity index (χ4v) is 2.30. The molecule has 1 amide bonds.